The van der Waals surface area contributed by atoms with Crippen LogP contribution in [0.1, 0.15) is 24.7 Å². The SMILES string of the molecule is C[C@H]1CN(c2ccnc(Cc3ccc(F)cc3)n2)CCCO1. The van der Waals surface area contributed by atoms with Crippen molar-refractivity contribution in [1.82, 2.24) is 9.97 Å². The molecular formula is C17H20FN3O. The molecule has 1 aromatic carbocycles. The van der Waals surface area contributed by atoms with E-state index in [4.69, 9.17) is 4.74 Å². The summed E-state index contributed by atoms with van der Waals surface area (Å²) in [6.45, 7) is 4.66. The lowest BCUT2D eigenvalue weighted by atomic mass is 10.1. The standard InChI is InChI=1S/C17H20FN3O/c1-13-12-21(9-2-10-22-13)17-7-8-19-16(20-17)11-14-3-5-15(18)6-4-14/h3-8,13H,2,9-12H2,1H3/t13-/m0/s1. The Bertz CT molecular complexity index is 618. The van der Waals surface area contributed by atoms with Crippen LogP contribution in [0.15, 0.2) is 36.5 Å². The molecule has 22 heavy (non-hydrogen) atoms. The van der Waals surface area contributed by atoms with E-state index in [9.17, 15) is 4.39 Å². The van der Waals surface area contributed by atoms with Gasteiger partial charge in [0.15, 0.2) is 0 Å². The van der Waals surface area contributed by atoms with Gasteiger partial charge in [-0.25, -0.2) is 14.4 Å². The van der Waals surface area contributed by atoms with Gasteiger partial charge in [0.05, 0.1) is 6.10 Å². The van der Waals surface area contributed by atoms with Gasteiger partial charge in [-0.15, -0.1) is 0 Å². The van der Waals surface area contributed by atoms with Crippen molar-refractivity contribution in [3.05, 3.63) is 53.7 Å². The predicted molar refractivity (Wildman–Crippen MR) is 83.5 cm³/mol. The fraction of sp³-hybridized carbons (Fsp3) is 0.412. The van der Waals surface area contributed by atoms with Crippen molar-refractivity contribution in [2.75, 3.05) is 24.6 Å². The van der Waals surface area contributed by atoms with Crippen molar-refractivity contribution < 1.29 is 9.13 Å². The molecule has 1 saturated heterocycles. The molecule has 0 amide bonds. The fourth-order valence-electron chi connectivity index (χ4n) is 2.64. The van der Waals surface area contributed by atoms with Gasteiger partial charge in [0.1, 0.15) is 17.5 Å². The fourth-order valence-corrected chi connectivity index (χ4v) is 2.64. The number of hydrogen-bond donors (Lipinski definition) is 0. The minimum Gasteiger partial charge on any atom is -0.377 e. The number of benzene rings is 1. The molecule has 0 spiro atoms. The molecule has 0 aliphatic carbocycles. The van der Waals surface area contributed by atoms with E-state index in [-0.39, 0.29) is 11.9 Å². The molecular weight excluding hydrogens is 281 g/mol. The van der Waals surface area contributed by atoms with Gasteiger partial charge >= 0.3 is 0 Å². The molecule has 1 aromatic heterocycles. The number of nitrogens with zero attached hydrogens (tertiary/aromatic N) is 3. The maximum absolute atomic E-state index is 13.0. The summed E-state index contributed by atoms with van der Waals surface area (Å²) in [5, 5.41) is 0. The van der Waals surface area contributed by atoms with E-state index >= 15 is 0 Å². The van der Waals surface area contributed by atoms with E-state index in [0.717, 1.165) is 43.3 Å². The van der Waals surface area contributed by atoms with Gasteiger partial charge in [0, 0.05) is 32.3 Å². The highest BCUT2D eigenvalue weighted by Gasteiger charge is 2.16. The molecule has 3 rings (SSSR count). The molecule has 5 heteroatoms. The van der Waals surface area contributed by atoms with Crippen LogP contribution >= 0.6 is 0 Å². The zero-order valence-electron chi connectivity index (χ0n) is 12.7. The highest BCUT2D eigenvalue weighted by molar-refractivity contribution is 5.38. The number of hydrogen-bond acceptors (Lipinski definition) is 4. The van der Waals surface area contributed by atoms with E-state index in [1.807, 2.05) is 6.07 Å². The van der Waals surface area contributed by atoms with Crippen LogP contribution in [0.3, 0.4) is 0 Å². The average molecular weight is 301 g/mol. The zero-order valence-corrected chi connectivity index (χ0v) is 12.7. The molecule has 1 aliphatic rings. The molecule has 1 atom stereocenters. The molecule has 4 nitrogen and oxygen atoms in total. The molecule has 2 aromatic rings. The molecule has 0 radical (unpaired) electrons. The third kappa shape index (κ3) is 3.80. The first kappa shape index (κ1) is 14.9. The monoisotopic (exact) mass is 301 g/mol. The Balaban J connectivity index is 1.75. The molecule has 0 saturated carbocycles. The van der Waals surface area contributed by atoms with Gasteiger partial charge in [-0.05, 0) is 37.1 Å². The Morgan fingerprint density at radius 1 is 1.27 bits per heavy atom. The van der Waals surface area contributed by atoms with Gasteiger partial charge in [-0.3, -0.25) is 0 Å². The third-order valence-electron chi connectivity index (χ3n) is 3.74. The van der Waals surface area contributed by atoms with Gasteiger partial charge in [0.25, 0.3) is 0 Å². The van der Waals surface area contributed by atoms with Crippen LogP contribution < -0.4 is 4.90 Å². The summed E-state index contributed by atoms with van der Waals surface area (Å²) in [6, 6.07) is 8.41. The number of halogens is 1. The predicted octanol–water partition coefficient (Wildman–Crippen LogP) is 2.82. The van der Waals surface area contributed by atoms with Gasteiger partial charge in [0.2, 0.25) is 0 Å². The van der Waals surface area contributed by atoms with Crippen LogP contribution in [0.25, 0.3) is 0 Å². The first-order valence-electron chi connectivity index (χ1n) is 7.63. The van der Waals surface area contributed by atoms with Crippen LogP contribution in [-0.2, 0) is 11.2 Å². The molecule has 1 fully saturated rings. The van der Waals surface area contributed by atoms with Gasteiger partial charge in [-0.1, -0.05) is 12.1 Å². The molecule has 1 aliphatic heterocycles. The highest BCUT2D eigenvalue weighted by atomic mass is 19.1. The van der Waals surface area contributed by atoms with E-state index in [0.29, 0.717) is 6.42 Å². The van der Waals surface area contributed by atoms with Crippen molar-refractivity contribution >= 4 is 5.82 Å². The summed E-state index contributed by atoms with van der Waals surface area (Å²) in [6.07, 6.45) is 3.60. The molecule has 116 valence electrons. The summed E-state index contributed by atoms with van der Waals surface area (Å²) in [4.78, 5) is 11.2. The summed E-state index contributed by atoms with van der Waals surface area (Å²) < 4.78 is 18.6. The molecule has 0 N–H and O–H groups in total. The zero-order chi connectivity index (χ0) is 15.4. The maximum atomic E-state index is 13.0. The first-order chi connectivity index (χ1) is 10.7. The summed E-state index contributed by atoms with van der Waals surface area (Å²) in [5.74, 6) is 1.46. The topological polar surface area (TPSA) is 38.2 Å². The van der Waals surface area contributed by atoms with Crippen molar-refractivity contribution in [2.24, 2.45) is 0 Å². The summed E-state index contributed by atoms with van der Waals surface area (Å²) >= 11 is 0. The Morgan fingerprint density at radius 2 is 2.09 bits per heavy atom. The minimum absolute atomic E-state index is 0.206. The van der Waals surface area contributed by atoms with Crippen LogP contribution in [0, 0.1) is 5.82 Å². The normalized spacial score (nSPS) is 19.0. The lowest BCUT2D eigenvalue weighted by Crippen LogP contribution is -2.31. The van der Waals surface area contributed by atoms with Crippen molar-refractivity contribution in [1.29, 1.82) is 0 Å². The van der Waals surface area contributed by atoms with Crippen LogP contribution in [0.2, 0.25) is 0 Å². The third-order valence-corrected chi connectivity index (χ3v) is 3.74. The summed E-state index contributed by atoms with van der Waals surface area (Å²) in [5.41, 5.74) is 1.01. The molecule has 0 bridgehead atoms. The Morgan fingerprint density at radius 3 is 2.91 bits per heavy atom. The largest absolute Gasteiger partial charge is 0.377 e. The molecule has 2 heterocycles. The minimum atomic E-state index is -0.225. The number of anilines is 1. The average Bonchev–Trinajstić information content (AvgIpc) is 2.75. The summed E-state index contributed by atoms with van der Waals surface area (Å²) in [7, 11) is 0. The smallest absolute Gasteiger partial charge is 0.135 e. The Kier molecular flexibility index (Phi) is 4.63. The van der Waals surface area contributed by atoms with E-state index in [1.165, 1.54) is 12.1 Å². The Labute approximate surface area is 130 Å². The lowest BCUT2D eigenvalue weighted by Gasteiger charge is -2.23. The van der Waals surface area contributed by atoms with Crippen molar-refractivity contribution in [3.8, 4) is 0 Å². The second kappa shape index (κ2) is 6.83. The first-order valence-corrected chi connectivity index (χ1v) is 7.63. The lowest BCUT2D eigenvalue weighted by molar-refractivity contribution is 0.0820. The van der Waals surface area contributed by atoms with Gasteiger partial charge < -0.3 is 9.64 Å². The van der Waals surface area contributed by atoms with Crippen molar-refractivity contribution in [2.45, 2.75) is 25.9 Å². The second-order valence-electron chi connectivity index (χ2n) is 5.62. The second-order valence-corrected chi connectivity index (χ2v) is 5.62. The van der Waals surface area contributed by atoms with Gasteiger partial charge in [-0.2, -0.15) is 0 Å². The molecule has 0 unspecified atom stereocenters. The van der Waals surface area contributed by atoms with Crippen LogP contribution in [-0.4, -0.2) is 35.8 Å². The number of aromatic nitrogens is 2. The highest BCUT2D eigenvalue weighted by Crippen LogP contribution is 2.16. The quantitative estimate of drug-likeness (QED) is 0.874. The van der Waals surface area contributed by atoms with Crippen molar-refractivity contribution in [3.63, 3.8) is 0 Å². The van der Waals surface area contributed by atoms with Crippen LogP contribution in [0.5, 0.6) is 0 Å². The van der Waals surface area contributed by atoms with E-state index < -0.39 is 0 Å². The van der Waals surface area contributed by atoms with E-state index in [1.54, 1.807) is 18.3 Å². The number of rotatable bonds is 3. The van der Waals surface area contributed by atoms with E-state index in [2.05, 4.69) is 21.8 Å². The Hall–Kier alpha value is -2.01. The number of ether oxygens (including phenoxy) is 1. The van der Waals surface area contributed by atoms with Crippen LogP contribution in [0.4, 0.5) is 10.2 Å². The maximum Gasteiger partial charge on any atom is 0.135 e.